The first-order valence-electron chi connectivity index (χ1n) is 5.77. The second kappa shape index (κ2) is 4.96. The average molecular weight is 250 g/mol. The van der Waals surface area contributed by atoms with Gasteiger partial charge in [-0.1, -0.05) is 13.8 Å². The van der Waals surface area contributed by atoms with Crippen LogP contribution in [0.2, 0.25) is 0 Å². The van der Waals surface area contributed by atoms with Crippen LogP contribution in [0.4, 0.5) is 5.69 Å². The van der Waals surface area contributed by atoms with Crippen molar-refractivity contribution in [1.29, 1.82) is 5.41 Å². The monoisotopic (exact) mass is 250 g/mol. The molecule has 2 unspecified atom stereocenters. The van der Waals surface area contributed by atoms with Gasteiger partial charge >= 0.3 is 0 Å². The summed E-state index contributed by atoms with van der Waals surface area (Å²) >= 11 is 2.03. The molecule has 3 N–H and O–H groups in total. The molecule has 1 aliphatic heterocycles. The fourth-order valence-electron chi connectivity index (χ4n) is 2.12. The number of nitrogens with two attached hydrogens (primary N) is 1. The zero-order valence-corrected chi connectivity index (χ0v) is 11.0. The number of pyridine rings is 1. The van der Waals surface area contributed by atoms with Crippen molar-refractivity contribution >= 4 is 23.3 Å². The smallest absolute Gasteiger partial charge is 0.141 e. The van der Waals surface area contributed by atoms with Gasteiger partial charge in [-0.15, -0.1) is 0 Å². The van der Waals surface area contributed by atoms with Crippen molar-refractivity contribution in [3.8, 4) is 0 Å². The summed E-state index contributed by atoms with van der Waals surface area (Å²) in [4.78, 5) is 6.56. The van der Waals surface area contributed by atoms with Gasteiger partial charge in [-0.3, -0.25) is 10.4 Å². The van der Waals surface area contributed by atoms with Crippen LogP contribution in [0.15, 0.2) is 18.3 Å². The molecule has 0 saturated carbocycles. The first-order valence-corrected chi connectivity index (χ1v) is 6.71. The molecule has 0 amide bonds. The van der Waals surface area contributed by atoms with Crippen molar-refractivity contribution in [2.24, 2.45) is 5.73 Å². The number of hydrogen-bond acceptors (Lipinski definition) is 4. The van der Waals surface area contributed by atoms with Gasteiger partial charge in [0.15, 0.2) is 0 Å². The highest BCUT2D eigenvalue weighted by molar-refractivity contribution is 8.00. The third kappa shape index (κ3) is 2.91. The molecule has 4 nitrogen and oxygen atoms in total. The Morgan fingerprint density at radius 3 is 2.53 bits per heavy atom. The maximum Gasteiger partial charge on any atom is 0.141 e. The van der Waals surface area contributed by atoms with Crippen LogP contribution in [0, 0.1) is 5.41 Å². The van der Waals surface area contributed by atoms with E-state index in [0.29, 0.717) is 16.2 Å². The molecule has 0 aliphatic carbocycles. The average Bonchev–Trinajstić information content (AvgIpc) is 2.28. The van der Waals surface area contributed by atoms with Gasteiger partial charge in [0.05, 0.1) is 11.9 Å². The van der Waals surface area contributed by atoms with E-state index in [0.717, 1.165) is 18.8 Å². The number of anilines is 1. The van der Waals surface area contributed by atoms with Crippen LogP contribution < -0.4 is 10.6 Å². The molecule has 2 atom stereocenters. The molecule has 1 fully saturated rings. The van der Waals surface area contributed by atoms with Crippen molar-refractivity contribution in [2.45, 2.75) is 24.3 Å². The molecule has 0 spiro atoms. The van der Waals surface area contributed by atoms with E-state index in [1.54, 1.807) is 0 Å². The normalized spacial score (nSPS) is 24.7. The lowest BCUT2D eigenvalue weighted by molar-refractivity contribution is 0.727. The number of nitrogen functional groups attached to an aromatic ring is 1. The summed E-state index contributed by atoms with van der Waals surface area (Å²) in [6.07, 6.45) is 1.81. The second-order valence-electron chi connectivity index (χ2n) is 4.48. The van der Waals surface area contributed by atoms with Crippen LogP contribution in [0.5, 0.6) is 0 Å². The summed E-state index contributed by atoms with van der Waals surface area (Å²) in [6.45, 7) is 6.61. The molecule has 2 heterocycles. The Bertz CT molecular complexity index is 393. The highest BCUT2D eigenvalue weighted by Crippen LogP contribution is 2.28. The second-order valence-corrected chi connectivity index (χ2v) is 6.36. The summed E-state index contributed by atoms with van der Waals surface area (Å²) in [6, 6.07) is 3.81. The Labute approximate surface area is 106 Å². The predicted molar refractivity (Wildman–Crippen MR) is 74.0 cm³/mol. The van der Waals surface area contributed by atoms with Gasteiger partial charge < -0.3 is 10.6 Å². The standard InChI is InChI=1S/C12H18N4S/c1-8-6-16(7-9(2)17-8)10-3-4-11(12(13)14)15-5-10/h3-5,8-9H,6-7H2,1-2H3,(H3,13,14). The highest BCUT2D eigenvalue weighted by Gasteiger charge is 2.22. The summed E-state index contributed by atoms with van der Waals surface area (Å²) in [5, 5.41) is 8.60. The van der Waals surface area contributed by atoms with Crippen molar-refractivity contribution in [3.05, 3.63) is 24.0 Å². The zero-order chi connectivity index (χ0) is 12.4. The van der Waals surface area contributed by atoms with E-state index in [9.17, 15) is 0 Å². The number of hydrogen-bond donors (Lipinski definition) is 2. The third-order valence-corrected chi connectivity index (χ3v) is 4.04. The number of nitrogens with zero attached hydrogens (tertiary/aromatic N) is 2. The van der Waals surface area contributed by atoms with Gasteiger partial charge in [0.2, 0.25) is 0 Å². The number of amidine groups is 1. The lowest BCUT2D eigenvalue weighted by Crippen LogP contribution is -2.40. The SMILES string of the molecule is CC1CN(c2ccc(C(=N)N)nc2)CC(C)S1. The molecular formula is C12H18N4S. The topological polar surface area (TPSA) is 66.0 Å². The summed E-state index contributed by atoms with van der Waals surface area (Å²) in [5.74, 6) is 0.0208. The molecule has 5 heteroatoms. The Kier molecular flexibility index (Phi) is 3.57. The Balaban J connectivity index is 2.14. The maximum atomic E-state index is 7.31. The fraction of sp³-hybridized carbons (Fsp3) is 0.500. The molecule has 0 bridgehead atoms. The minimum Gasteiger partial charge on any atom is -0.382 e. The summed E-state index contributed by atoms with van der Waals surface area (Å²) < 4.78 is 0. The van der Waals surface area contributed by atoms with Gasteiger partial charge in [0.1, 0.15) is 11.5 Å². The van der Waals surface area contributed by atoms with Gasteiger partial charge in [-0.25, -0.2) is 0 Å². The minimum atomic E-state index is 0.0208. The molecule has 92 valence electrons. The van der Waals surface area contributed by atoms with Crippen LogP contribution in [0.1, 0.15) is 19.5 Å². The molecule has 1 aliphatic rings. The lowest BCUT2D eigenvalue weighted by atomic mass is 10.2. The number of rotatable bonds is 2. The Morgan fingerprint density at radius 1 is 1.41 bits per heavy atom. The Hall–Kier alpha value is -1.23. The van der Waals surface area contributed by atoms with E-state index in [-0.39, 0.29) is 5.84 Å². The van der Waals surface area contributed by atoms with Crippen LogP contribution in [0.3, 0.4) is 0 Å². The van der Waals surface area contributed by atoms with E-state index in [1.165, 1.54) is 0 Å². The van der Waals surface area contributed by atoms with Crippen molar-refractivity contribution in [3.63, 3.8) is 0 Å². The van der Waals surface area contributed by atoms with Crippen molar-refractivity contribution in [2.75, 3.05) is 18.0 Å². The molecule has 17 heavy (non-hydrogen) atoms. The zero-order valence-electron chi connectivity index (χ0n) is 10.2. The van der Waals surface area contributed by atoms with Crippen molar-refractivity contribution < 1.29 is 0 Å². The molecule has 1 aromatic heterocycles. The number of thioether (sulfide) groups is 1. The van der Waals surface area contributed by atoms with Crippen LogP contribution >= 0.6 is 11.8 Å². The van der Waals surface area contributed by atoms with E-state index < -0.39 is 0 Å². The highest BCUT2D eigenvalue weighted by atomic mass is 32.2. The van der Waals surface area contributed by atoms with Gasteiger partial charge in [0.25, 0.3) is 0 Å². The summed E-state index contributed by atoms with van der Waals surface area (Å²) in [5.41, 5.74) is 7.05. The molecule has 0 aromatic carbocycles. The minimum absolute atomic E-state index is 0.0208. The van der Waals surface area contributed by atoms with Gasteiger partial charge in [0, 0.05) is 23.6 Å². The van der Waals surface area contributed by atoms with E-state index in [1.807, 2.05) is 30.1 Å². The Morgan fingerprint density at radius 2 is 2.06 bits per heavy atom. The molecule has 1 aromatic rings. The maximum absolute atomic E-state index is 7.31. The van der Waals surface area contributed by atoms with Gasteiger partial charge in [-0.2, -0.15) is 11.8 Å². The van der Waals surface area contributed by atoms with E-state index in [2.05, 4.69) is 23.7 Å². The largest absolute Gasteiger partial charge is 0.382 e. The molecule has 1 saturated heterocycles. The molecule has 2 rings (SSSR count). The van der Waals surface area contributed by atoms with E-state index in [4.69, 9.17) is 11.1 Å². The van der Waals surface area contributed by atoms with Crippen molar-refractivity contribution in [1.82, 2.24) is 4.98 Å². The number of aromatic nitrogens is 1. The van der Waals surface area contributed by atoms with Gasteiger partial charge in [-0.05, 0) is 12.1 Å². The third-order valence-electron chi connectivity index (χ3n) is 2.81. The first kappa shape index (κ1) is 12.2. The number of nitrogens with one attached hydrogen (secondary N) is 1. The molecular weight excluding hydrogens is 232 g/mol. The van der Waals surface area contributed by atoms with Crippen LogP contribution in [-0.4, -0.2) is 34.4 Å². The molecule has 0 radical (unpaired) electrons. The fourth-order valence-corrected chi connectivity index (χ4v) is 3.45. The predicted octanol–water partition coefficient (Wildman–Crippen LogP) is 1.70. The van der Waals surface area contributed by atoms with Crippen LogP contribution in [0.25, 0.3) is 0 Å². The first-order chi connectivity index (χ1) is 8.06. The van der Waals surface area contributed by atoms with Crippen LogP contribution in [-0.2, 0) is 0 Å². The lowest BCUT2D eigenvalue weighted by Gasteiger charge is -2.36. The quantitative estimate of drug-likeness (QED) is 0.619. The summed E-state index contributed by atoms with van der Waals surface area (Å²) in [7, 11) is 0. The van der Waals surface area contributed by atoms with E-state index >= 15 is 0 Å².